The highest BCUT2D eigenvalue weighted by molar-refractivity contribution is 9.10. The van der Waals surface area contributed by atoms with Gasteiger partial charge in [-0.3, -0.25) is 4.79 Å². The topological polar surface area (TPSA) is 32.3 Å². The van der Waals surface area contributed by atoms with Gasteiger partial charge in [-0.05, 0) is 60.1 Å². The van der Waals surface area contributed by atoms with Gasteiger partial charge in [-0.25, -0.2) is 0 Å². The van der Waals surface area contributed by atoms with Gasteiger partial charge in [0.2, 0.25) is 0 Å². The maximum absolute atomic E-state index is 12.1. The standard InChI is InChI=1S/C15H20BrClN2O/c16-14-11-12(17)5-6-13(14)15(20)18-7-10-19-8-3-1-2-4-9-19/h5-6,11H,1-4,7-10H2,(H,18,20). The molecule has 5 heteroatoms. The fourth-order valence-corrected chi connectivity index (χ4v) is 3.32. The first kappa shape index (κ1) is 15.8. The van der Waals surface area contributed by atoms with Gasteiger partial charge in [0.1, 0.15) is 0 Å². The van der Waals surface area contributed by atoms with Crippen molar-refractivity contribution in [3.8, 4) is 0 Å². The van der Waals surface area contributed by atoms with Crippen molar-refractivity contribution in [1.29, 1.82) is 0 Å². The molecule has 110 valence electrons. The largest absolute Gasteiger partial charge is 0.351 e. The average Bonchev–Trinajstić information content (AvgIpc) is 2.67. The minimum Gasteiger partial charge on any atom is -0.351 e. The van der Waals surface area contributed by atoms with E-state index in [4.69, 9.17) is 11.6 Å². The zero-order valence-corrected chi connectivity index (χ0v) is 13.8. The number of benzene rings is 1. The summed E-state index contributed by atoms with van der Waals surface area (Å²) in [4.78, 5) is 14.5. The maximum atomic E-state index is 12.1. The number of amides is 1. The number of halogens is 2. The molecule has 0 spiro atoms. The van der Waals surface area contributed by atoms with Gasteiger partial charge in [-0.15, -0.1) is 0 Å². The van der Waals surface area contributed by atoms with Crippen molar-refractivity contribution in [3.05, 3.63) is 33.3 Å². The minimum atomic E-state index is -0.0524. The first-order valence-corrected chi connectivity index (χ1v) is 8.29. The van der Waals surface area contributed by atoms with Crippen molar-refractivity contribution in [3.63, 3.8) is 0 Å². The summed E-state index contributed by atoms with van der Waals surface area (Å²) in [6, 6.07) is 5.22. The number of likely N-dealkylation sites (tertiary alicyclic amines) is 1. The average molecular weight is 360 g/mol. The van der Waals surface area contributed by atoms with E-state index in [1.807, 2.05) is 0 Å². The molecule has 1 saturated heterocycles. The third kappa shape index (κ3) is 4.76. The Morgan fingerprint density at radius 1 is 1.25 bits per heavy atom. The van der Waals surface area contributed by atoms with Crippen LogP contribution in [-0.4, -0.2) is 37.0 Å². The maximum Gasteiger partial charge on any atom is 0.252 e. The summed E-state index contributed by atoms with van der Waals surface area (Å²) in [5, 5.41) is 3.60. The van der Waals surface area contributed by atoms with Gasteiger partial charge in [0.25, 0.3) is 5.91 Å². The highest BCUT2D eigenvalue weighted by atomic mass is 79.9. The van der Waals surface area contributed by atoms with Crippen LogP contribution in [0.2, 0.25) is 5.02 Å². The lowest BCUT2D eigenvalue weighted by Gasteiger charge is -2.19. The number of rotatable bonds is 4. The van der Waals surface area contributed by atoms with Gasteiger partial charge in [-0.2, -0.15) is 0 Å². The Morgan fingerprint density at radius 3 is 2.60 bits per heavy atom. The van der Waals surface area contributed by atoms with Gasteiger partial charge in [0.05, 0.1) is 5.56 Å². The van der Waals surface area contributed by atoms with Crippen LogP contribution in [0.4, 0.5) is 0 Å². The molecule has 0 saturated carbocycles. The highest BCUT2D eigenvalue weighted by Gasteiger charge is 2.12. The molecule has 20 heavy (non-hydrogen) atoms. The van der Waals surface area contributed by atoms with Crippen molar-refractivity contribution >= 4 is 33.4 Å². The van der Waals surface area contributed by atoms with Gasteiger partial charge in [0.15, 0.2) is 0 Å². The molecule has 1 N–H and O–H groups in total. The van der Waals surface area contributed by atoms with Crippen LogP contribution >= 0.6 is 27.5 Å². The fraction of sp³-hybridized carbons (Fsp3) is 0.533. The van der Waals surface area contributed by atoms with E-state index in [0.717, 1.165) is 24.1 Å². The summed E-state index contributed by atoms with van der Waals surface area (Å²) in [6.07, 6.45) is 5.22. The number of hydrogen-bond donors (Lipinski definition) is 1. The Bertz CT molecular complexity index is 459. The van der Waals surface area contributed by atoms with Crippen molar-refractivity contribution < 1.29 is 4.79 Å². The van der Waals surface area contributed by atoms with E-state index < -0.39 is 0 Å². The van der Waals surface area contributed by atoms with E-state index in [0.29, 0.717) is 17.1 Å². The molecule has 2 rings (SSSR count). The first-order chi connectivity index (χ1) is 9.66. The molecular formula is C15H20BrClN2O. The monoisotopic (exact) mass is 358 g/mol. The lowest BCUT2D eigenvalue weighted by atomic mass is 10.2. The fourth-order valence-electron chi connectivity index (χ4n) is 2.46. The smallest absolute Gasteiger partial charge is 0.252 e. The van der Waals surface area contributed by atoms with Crippen LogP contribution in [0, 0.1) is 0 Å². The van der Waals surface area contributed by atoms with Crippen LogP contribution in [0.3, 0.4) is 0 Å². The summed E-state index contributed by atoms with van der Waals surface area (Å²) < 4.78 is 0.734. The molecule has 0 bridgehead atoms. The number of nitrogens with one attached hydrogen (secondary N) is 1. The first-order valence-electron chi connectivity index (χ1n) is 7.12. The third-order valence-corrected chi connectivity index (χ3v) is 4.48. The van der Waals surface area contributed by atoms with Crippen LogP contribution in [0.5, 0.6) is 0 Å². The number of carbonyl (C=O) groups excluding carboxylic acids is 1. The molecule has 1 aromatic rings. The summed E-state index contributed by atoms with van der Waals surface area (Å²) in [5.41, 5.74) is 0.630. The second kappa shape index (κ2) is 8.01. The second-order valence-corrected chi connectivity index (χ2v) is 6.43. The summed E-state index contributed by atoms with van der Waals surface area (Å²) in [7, 11) is 0. The Morgan fingerprint density at radius 2 is 1.95 bits per heavy atom. The lowest BCUT2D eigenvalue weighted by Crippen LogP contribution is -2.35. The Hall–Kier alpha value is -0.580. The summed E-state index contributed by atoms with van der Waals surface area (Å²) >= 11 is 9.25. The van der Waals surface area contributed by atoms with Crippen LogP contribution in [0.1, 0.15) is 36.0 Å². The Kier molecular flexibility index (Phi) is 6.33. The molecule has 1 amide bonds. The van der Waals surface area contributed by atoms with Crippen LogP contribution in [0.25, 0.3) is 0 Å². The molecular weight excluding hydrogens is 340 g/mol. The lowest BCUT2D eigenvalue weighted by molar-refractivity contribution is 0.0947. The molecule has 1 aromatic carbocycles. The second-order valence-electron chi connectivity index (χ2n) is 5.14. The SMILES string of the molecule is O=C(NCCN1CCCCCC1)c1ccc(Cl)cc1Br. The van der Waals surface area contributed by atoms with Gasteiger partial charge in [-0.1, -0.05) is 24.4 Å². The van der Waals surface area contributed by atoms with E-state index >= 15 is 0 Å². The molecule has 0 atom stereocenters. The predicted octanol–water partition coefficient (Wildman–Crippen LogP) is 3.71. The van der Waals surface area contributed by atoms with E-state index in [1.165, 1.54) is 25.7 Å². The van der Waals surface area contributed by atoms with Crippen LogP contribution in [-0.2, 0) is 0 Å². The normalized spacial score (nSPS) is 16.7. The zero-order valence-electron chi connectivity index (χ0n) is 11.5. The van der Waals surface area contributed by atoms with Crippen LogP contribution in [0.15, 0.2) is 22.7 Å². The van der Waals surface area contributed by atoms with Crippen molar-refractivity contribution in [2.24, 2.45) is 0 Å². The van der Waals surface area contributed by atoms with Crippen molar-refractivity contribution in [1.82, 2.24) is 10.2 Å². The van der Waals surface area contributed by atoms with Crippen molar-refractivity contribution in [2.75, 3.05) is 26.2 Å². The van der Waals surface area contributed by atoms with E-state index in [2.05, 4.69) is 26.1 Å². The Labute approximate surface area is 133 Å². The molecule has 3 nitrogen and oxygen atoms in total. The quantitative estimate of drug-likeness (QED) is 0.889. The molecule has 0 unspecified atom stereocenters. The highest BCUT2D eigenvalue weighted by Crippen LogP contribution is 2.21. The molecule has 1 heterocycles. The summed E-state index contributed by atoms with van der Waals surface area (Å²) in [5.74, 6) is -0.0524. The number of carbonyl (C=O) groups is 1. The summed E-state index contributed by atoms with van der Waals surface area (Å²) in [6.45, 7) is 3.92. The van der Waals surface area contributed by atoms with E-state index in [-0.39, 0.29) is 5.91 Å². The predicted molar refractivity (Wildman–Crippen MR) is 86.4 cm³/mol. The number of hydrogen-bond acceptors (Lipinski definition) is 2. The number of nitrogens with zero attached hydrogens (tertiary/aromatic N) is 1. The zero-order chi connectivity index (χ0) is 14.4. The van der Waals surface area contributed by atoms with E-state index in [9.17, 15) is 4.79 Å². The Balaban J connectivity index is 1.79. The minimum absolute atomic E-state index is 0.0524. The third-order valence-electron chi connectivity index (χ3n) is 3.59. The molecule has 1 fully saturated rings. The van der Waals surface area contributed by atoms with Crippen molar-refractivity contribution in [2.45, 2.75) is 25.7 Å². The molecule has 0 radical (unpaired) electrons. The van der Waals surface area contributed by atoms with Crippen LogP contribution < -0.4 is 5.32 Å². The van der Waals surface area contributed by atoms with Gasteiger partial charge >= 0.3 is 0 Å². The van der Waals surface area contributed by atoms with E-state index in [1.54, 1.807) is 18.2 Å². The molecule has 0 aliphatic carbocycles. The molecule has 1 aliphatic rings. The molecule has 0 aromatic heterocycles. The van der Waals surface area contributed by atoms with Gasteiger partial charge in [0, 0.05) is 22.6 Å². The van der Waals surface area contributed by atoms with Gasteiger partial charge < -0.3 is 10.2 Å². The molecule has 1 aliphatic heterocycles.